The van der Waals surface area contributed by atoms with E-state index in [9.17, 15) is 0 Å². The minimum atomic E-state index is 0. The van der Waals surface area contributed by atoms with E-state index in [0.717, 1.165) is 17.1 Å². The van der Waals surface area contributed by atoms with Crippen LogP contribution in [-0.2, 0) is 19.5 Å². The van der Waals surface area contributed by atoms with Crippen LogP contribution < -0.4 is 0 Å². The molecule has 1 aliphatic rings. The van der Waals surface area contributed by atoms with E-state index < -0.39 is 0 Å². The molecule has 2 rings (SSSR count). The predicted octanol–water partition coefficient (Wildman–Crippen LogP) is 5.77. The Hall–Kier alpha value is -1.34. The van der Waals surface area contributed by atoms with Crippen LogP contribution in [0.15, 0.2) is 54.4 Å². The first-order valence-corrected chi connectivity index (χ1v) is 6.41. The SMILES string of the molecule is CC.CC.[CH2-]C=C1C=CC=C(c2ccccn2)[N-]1.[CH3-].[CH3-].[RuH]. The van der Waals surface area contributed by atoms with Gasteiger partial charge in [-0.05, 0) is 12.1 Å². The van der Waals surface area contributed by atoms with Crippen LogP contribution >= 0.6 is 0 Å². The number of pyridine rings is 1. The van der Waals surface area contributed by atoms with E-state index in [1.165, 1.54) is 0 Å². The van der Waals surface area contributed by atoms with Gasteiger partial charge in [-0.2, -0.15) is 6.08 Å². The number of nitrogens with zero attached hydrogens (tertiary/aromatic N) is 2. The first kappa shape index (κ1) is 27.9. The Labute approximate surface area is 145 Å². The molecular weight excluding hydrogens is 345 g/mol. The Bertz CT molecular complexity index is 406. The molecule has 0 atom stereocenters. The molecule has 2 nitrogen and oxygen atoms in total. The van der Waals surface area contributed by atoms with Crippen molar-refractivity contribution >= 4 is 5.70 Å². The zero-order chi connectivity index (χ0) is 13.8. The maximum absolute atomic E-state index is 4.38. The monoisotopic (exact) mass is 375 g/mol. The number of hydrogen-bond donors (Lipinski definition) is 0. The van der Waals surface area contributed by atoms with E-state index in [1.807, 2.05) is 64.1 Å². The van der Waals surface area contributed by atoms with Gasteiger partial charge in [-0.15, -0.1) is 5.70 Å². The number of hydrogen-bond acceptors (Lipinski definition) is 1. The van der Waals surface area contributed by atoms with E-state index in [-0.39, 0.29) is 34.3 Å². The summed E-state index contributed by atoms with van der Waals surface area (Å²) < 4.78 is 0. The van der Waals surface area contributed by atoms with Crippen molar-refractivity contribution in [2.45, 2.75) is 27.7 Å². The molecule has 2 heterocycles. The number of allylic oxidation sites excluding steroid dienone is 4. The summed E-state index contributed by atoms with van der Waals surface area (Å²) in [5.74, 6) is 0. The summed E-state index contributed by atoms with van der Waals surface area (Å²) in [6.45, 7) is 11.7. The molecule has 1 aromatic heterocycles. The van der Waals surface area contributed by atoms with E-state index in [0.29, 0.717) is 0 Å². The summed E-state index contributed by atoms with van der Waals surface area (Å²) in [4.78, 5) is 4.23. The molecule has 0 saturated heterocycles. The van der Waals surface area contributed by atoms with Crippen LogP contribution in [0.5, 0.6) is 0 Å². The molecule has 0 aliphatic carbocycles. The van der Waals surface area contributed by atoms with Gasteiger partial charge in [0.2, 0.25) is 0 Å². The number of aromatic nitrogens is 1. The predicted molar refractivity (Wildman–Crippen MR) is 95.1 cm³/mol. The molecule has 0 bridgehead atoms. The summed E-state index contributed by atoms with van der Waals surface area (Å²) in [5.41, 5.74) is 2.63. The zero-order valence-electron chi connectivity index (χ0n) is 14.1. The molecule has 1 aromatic rings. The molecule has 0 saturated carbocycles. The Morgan fingerprint density at radius 1 is 1.10 bits per heavy atom. The van der Waals surface area contributed by atoms with Crippen molar-refractivity contribution in [3.63, 3.8) is 0 Å². The van der Waals surface area contributed by atoms with Gasteiger partial charge < -0.3 is 25.9 Å². The molecule has 1 aliphatic heterocycles. The number of rotatable bonds is 1. The van der Waals surface area contributed by atoms with Crippen molar-refractivity contribution in [1.29, 1.82) is 0 Å². The van der Waals surface area contributed by atoms with Crippen molar-refractivity contribution in [2.24, 2.45) is 0 Å². The van der Waals surface area contributed by atoms with E-state index in [4.69, 9.17) is 0 Å². The minimum absolute atomic E-state index is 0. The Kier molecular flexibility index (Phi) is 24.8. The first-order chi connectivity index (χ1) is 8.90. The van der Waals surface area contributed by atoms with Crippen LogP contribution in [0.3, 0.4) is 0 Å². The average molecular weight is 375 g/mol. The quantitative estimate of drug-likeness (QED) is 0.453. The van der Waals surface area contributed by atoms with E-state index in [2.05, 4.69) is 17.2 Å². The second-order valence-corrected chi connectivity index (χ2v) is 2.87. The van der Waals surface area contributed by atoms with Gasteiger partial charge >= 0.3 is 19.5 Å². The summed E-state index contributed by atoms with van der Waals surface area (Å²) in [7, 11) is 0. The summed E-state index contributed by atoms with van der Waals surface area (Å²) in [6, 6.07) is 5.78. The van der Waals surface area contributed by atoms with Crippen LogP contribution in [-0.4, -0.2) is 4.98 Å². The molecule has 0 amide bonds. The van der Waals surface area contributed by atoms with E-state index in [1.54, 1.807) is 12.3 Å². The van der Waals surface area contributed by atoms with Crippen LogP contribution in [0.4, 0.5) is 0 Å². The van der Waals surface area contributed by atoms with Crippen molar-refractivity contribution in [3.8, 4) is 0 Å². The third kappa shape index (κ3) is 10.1. The van der Waals surface area contributed by atoms with Gasteiger partial charge in [0.15, 0.2) is 0 Å². The molecule has 21 heavy (non-hydrogen) atoms. The summed E-state index contributed by atoms with van der Waals surface area (Å²) >= 11 is 0. The third-order valence-corrected chi connectivity index (χ3v) is 1.91. The van der Waals surface area contributed by atoms with Gasteiger partial charge in [0.05, 0.1) is 0 Å². The normalized spacial score (nSPS) is 12.4. The Morgan fingerprint density at radius 3 is 2.19 bits per heavy atom. The fourth-order valence-electron chi connectivity index (χ4n) is 1.22. The van der Waals surface area contributed by atoms with Gasteiger partial charge in [-0.25, -0.2) is 13.0 Å². The van der Waals surface area contributed by atoms with Crippen LogP contribution in [0.25, 0.3) is 11.0 Å². The van der Waals surface area contributed by atoms with Crippen LogP contribution in [0.1, 0.15) is 33.4 Å². The molecule has 0 unspecified atom stereocenters. The fraction of sp³-hybridized carbons (Fsp3) is 0.222. The average Bonchev–Trinajstić information content (AvgIpc) is 2.52. The molecule has 0 spiro atoms. The van der Waals surface area contributed by atoms with Gasteiger partial charge in [-0.3, -0.25) is 4.98 Å². The third-order valence-electron chi connectivity index (χ3n) is 1.91. The molecule has 0 fully saturated rings. The zero-order valence-corrected chi connectivity index (χ0v) is 16.0. The van der Waals surface area contributed by atoms with E-state index >= 15 is 0 Å². The standard InChI is InChI=1S/C12H10N2.2C2H6.2CH3.Ru.H/c1-2-10-6-5-8-12(14-10)11-7-3-4-9-13-11;2*1-2;;;;/h2-9H,1H2;2*1-2H3;2*1H3;;/q-2;;;2*-1;;. The molecule has 0 radical (unpaired) electrons. The topological polar surface area (TPSA) is 27.0 Å². The van der Waals surface area contributed by atoms with Crippen LogP contribution in [0.2, 0.25) is 0 Å². The van der Waals surface area contributed by atoms with Crippen molar-refractivity contribution in [3.05, 3.63) is 87.2 Å². The summed E-state index contributed by atoms with van der Waals surface area (Å²) in [6.07, 6.45) is 9.30. The van der Waals surface area contributed by atoms with Gasteiger partial charge in [0.25, 0.3) is 0 Å². The van der Waals surface area contributed by atoms with Gasteiger partial charge in [0.1, 0.15) is 0 Å². The van der Waals surface area contributed by atoms with Gasteiger partial charge in [-0.1, -0.05) is 45.9 Å². The molecule has 123 valence electrons. The molecule has 3 heteroatoms. The molecule has 0 N–H and O–H groups in total. The second-order valence-electron chi connectivity index (χ2n) is 2.87. The van der Waals surface area contributed by atoms with Crippen LogP contribution in [0, 0.1) is 21.8 Å². The molecule has 0 aromatic carbocycles. The summed E-state index contributed by atoms with van der Waals surface area (Å²) in [5, 5.41) is 4.38. The Balaban J connectivity index is -0.000000191. The Morgan fingerprint density at radius 2 is 1.71 bits per heavy atom. The maximum atomic E-state index is 4.38. The van der Waals surface area contributed by atoms with Gasteiger partial charge in [0, 0.05) is 11.9 Å². The fourth-order valence-corrected chi connectivity index (χ4v) is 1.22. The first-order valence-electron chi connectivity index (χ1n) is 6.41. The van der Waals surface area contributed by atoms with Crippen molar-refractivity contribution < 1.29 is 19.5 Å². The van der Waals surface area contributed by atoms with Crippen molar-refractivity contribution in [1.82, 2.24) is 4.98 Å². The second kappa shape index (κ2) is 18.7. The molecular formula is C18H29N2Ru-4. The van der Waals surface area contributed by atoms with Crippen molar-refractivity contribution in [2.75, 3.05) is 0 Å².